The number of nitrogens with two attached hydrogens (primary N) is 1. The Balaban J connectivity index is 1.88. The van der Waals surface area contributed by atoms with Crippen molar-refractivity contribution >= 4 is 22.6 Å². The van der Waals surface area contributed by atoms with E-state index in [0.717, 1.165) is 5.39 Å². The first kappa shape index (κ1) is 13.0. The number of anilines is 1. The third-order valence-corrected chi connectivity index (χ3v) is 3.46. The van der Waals surface area contributed by atoms with Gasteiger partial charge in [-0.25, -0.2) is 0 Å². The highest BCUT2D eigenvalue weighted by molar-refractivity contribution is 5.96. The monoisotopic (exact) mass is 274 g/mol. The third-order valence-electron chi connectivity index (χ3n) is 3.46. The quantitative estimate of drug-likeness (QED) is 0.810. The van der Waals surface area contributed by atoms with E-state index in [2.05, 4.69) is 0 Å². The Morgan fingerprint density at radius 3 is 2.90 bits per heavy atom. The smallest absolute Gasteiger partial charge is 0.289 e. The van der Waals surface area contributed by atoms with Crippen molar-refractivity contribution in [3.63, 3.8) is 0 Å². The van der Waals surface area contributed by atoms with Crippen molar-refractivity contribution in [2.45, 2.75) is 19.4 Å². The Kier molecular flexibility index (Phi) is 2.94. The summed E-state index contributed by atoms with van der Waals surface area (Å²) in [5, 5.41) is 0.848. The fraction of sp³-hybridized carbons (Fsp3) is 0.400. The van der Waals surface area contributed by atoms with Crippen LogP contribution in [0.2, 0.25) is 0 Å². The maximum Gasteiger partial charge on any atom is 0.289 e. The summed E-state index contributed by atoms with van der Waals surface area (Å²) in [7, 11) is 0. The molecule has 1 aromatic carbocycles. The molecule has 3 rings (SSSR count). The molecule has 106 valence electrons. The zero-order valence-corrected chi connectivity index (χ0v) is 11.7. The predicted molar refractivity (Wildman–Crippen MR) is 76.6 cm³/mol. The molecule has 2 heterocycles. The number of hydrogen-bond acceptors (Lipinski definition) is 4. The summed E-state index contributed by atoms with van der Waals surface area (Å²) in [6.07, 6.45) is 0. The van der Waals surface area contributed by atoms with E-state index in [1.807, 2.05) is 13.8 Å². The van der Waals surface area contributed by atoms with Gasteiger partial charge < -0.3 is 19.8 Å². The molecule has 0 spiro atoms. The molecule has 0 aliphatic carbocycles. The highest BCUT2D eigenvalue weighted by Gasteiger charge is 2.31. The van der Waals surface area contributed by atoms with Crippen LogP contribution in [0.4, 0.5) is 5.69 Å². The van der Waals surface area contributed by atoms with Crippen molar-refractivity contribution in [1.29, 1.82) is 0 Å². The molecule has 20 heavy (non-hydrogen) atoms. The predicted octanol–water partition coefficient (Wildman–Crippen LogP) is 2.27. The molecule has 1 aliphatic rings. The van der Waals surface area contributed by atoms with Crippen LogP contribution >= 0.6 is 0 Å². The number of ether oxygens (including phenoxy) is 1. The molecule has 5 nitrogen and oxygen atoms in total. The van der Waals surface area contributed by atoms with Crippen LogP contribution in [0.1, 0.15) is 24.4 Å². The Morgan fingerprint density at radius 2 is 2.15 bits per heavy atom. The van der Waals surface area contributed by atoms with Crippen molar-refractivity contribution in [1.82, 2.24) is 4.90 Å². The van der Waals surface area contributed by atoms with Gasteiger partial charge >= 0.3 is 0 Å². The van der Waals surface area contributed by atoms with Crippen LogP contribution in [0.3, 0.4) is 0 Å². The number of rotatable bonds is 1. The van der Waals surface area contributed by atoms with Crippen LogP contribution in [0.5, 0.6) is 0 Å². The van der Waals surface area contributed by atoms with Gasteiger partial charge in [-0.15, -0.1) is 0 Å². The van der Waals surface area contributed by atoms with Crippen LogP contribution in [0, 0.1) is 0 Å². The number of fused-ring (bicyclic) bond motifs is 1. The standard InChI is InChI=1S/C15H18N2O3/c1-15(2)9-17(5-6-19-15)14(18)13-8-10-7-11(16)3-4-12(10)20-13/h3-4,7-8H,5-6,9,16H2,1-2H3. The van der Waals surface area contributed by atoms with E-state index >= 15 is 0 Å². The number of furan rings is 1. The first-order valence-electron chi connectivity index (χ1n) is 6.67. The number of hydrogen-bond donors (Lipinski definition) is 1. The van der Waals surface area contributed by atoms with Gasteiger partial charge in [0.15, 0.2) is 5.76 Å². The SMILES string of the molecule is CC1(C)CN(C(=O)c2cc3cc(N)ccc3o2)CCO1. The number of nitrogen functional groups attached to an aromatic ring is 1. The van der Waals surface area contributed by atoms with Crippen molar-refractivity contribution in [2.75, 3.05) is 25.4 Å². The summed E-state index contributed by atoms with van der Waals surface area (Å²) >= 11 is 0. The number of carbonyl (C=O) groups is 1. The summed E-state index contributed by atoms with van der Waals surface area (Å²) in [5.74, 6) is 0.249. The number of amides is 1. The third kappa shape index (κ3) is 2.36. The second-order valence-electron chi connectivity index (χ2n) is 5.74. The zero-order chi connectivity index (χ0) is 14.3. The molecule has 0 radical (unpaired) electrons. The van der Waals surface area contributed by atoms with Gasteiger partial charge in [-0.3, -0.25) is 4.79 Å². The van der Waals surface area contributed by atoms with Gasteiger partial charge in [0.2, 0.25) is 0 Å². The highest BCUT2D eigenvalue weighted by Crippen LogP contribution is 2.24. The molecule has 1 fully saturated rings. The van der Waals surface area contributed by atoms with E-state index < -0.39 is 0 Å². The number of nitrogens with zero attached hydrogens (tertiary/aromatic N) is 1. The number of benzene rings is 1. The summed E-state index contributed by atoms with van der Waals surface area (Å²) in [6, 6.07) is 7.10. The summed E-state index contributed by atoms with van der Waals surface area (Å²) in [4.78, 5) is 14.3. The Labute approximate surface area is 117 Å². The second kappa shape index (κ2) is 4.52. The normalized spacial score (nSPS) is 18.4. The molecule has 0 atom stereocenters. The lowest BCUT2D eigenvalue weighted by Gasteiger charge is -2.37. The Hall–Kier alpha value is -2.01. The summed E-state index contributed by atoms with van der Waals surface area (Å²) in [5.41, 5.74) is 6.75. The van der Waals surface area contributed by atoms with Gasteiger partial charge in [0, 0.05) is 24.2 Å². The average Bonchev–Trinajstić information content (AvgIpc) is 2.79. The molecule has 2 aromatic rings. The lowest BCUT2D eigenvalue weighted by Crippen LogP contribution is -2.50. The molecular weight excluding hydrogens is 256 g/mol. The lowest BCUT2D eigenvalue weighted by molar-refractivity contribution is -0.0768. The van der Waals surface area contributed by atoms with Crippen molar-refractivity contribution in [2.24, 2.45) is 0 Å². The molecule has 1 amide bonds. The van der Waals surface area contributed by atoms with Crippen molar-refractivity contribution in [3.05, 3.63) is 30.0 Å². The summed E-state index contributed by atoms with van der Waals surface area (Å²) in [6.45, 7) is 5.65. The van der Waals surface area contributed by atoms with Gasteiger partial charge in [-0.1, -0.05) is 0 Å². The minimum absolute atomic E-state index is 0.101. The molecule has 0 saturated carbocycles. The average molecular weight is 274 g/mol. The van der Waals surface area contributed by atoms with E-state index in [-0.39, 0.29) is 11.5 Å². The van der Waals surface area contributed by atoms with E-state index in [4.69, 9.17) is 14.9 Å². The van der Waals surface area contributed by atoms with E-state index in [1.54, 1.807) is 29.2 Å². The largest absolute Gasteiger partial charge is 0.451 e. The molecular formula is C15H18N2O3. The molecule has 0 bridgehead atoms. The Bertz CT molecular complexity index is 660. The van der Waals surface area contributed by atoms with Gasteiger partial charge in [-0.05, 0) is 38.1 Å². The van der Waals surface area contributed by atoms with Crippen LogP contribution in [0.25, 0.3) is 11.0 Å². The zero-order valence-electron chi connectivity index (χ0n) is 11.7. The molecule has 5 heteroatoms. The number of morpholine rings is 1. The molecule has 1 aliphatic heterocycles. The second-order valence-corrected chi connectivity index (χ2v) is 5.74. The van der Waals surface area contributed by atoms with Crippen molar-refractivity contribution in [3.8, 4) is 0 Å². The minimum Gasteiger partial charge on any atom is -0.451 e. The van der Waals surface area contributed by atoms with Crippen LogP contribution in [0.15, 0.2) is 28.7 Å². The van der Waals surface area contributed by atoms with E-state index in [9.17, 15) is 4.79 Å². The first-order valence-corrected chi connectivity index (χ1v) is 6.67. The molecule has 1 saturated heterocycles. The fourth-order valence-electron chi connectivity index (χ4n) is 2.51. The maximum atomic E-state index is 12.5. The van der Waals surface area contributed by atoms with Crippen LogP contribution in [-0.2, 0) is 4.74 Å². The van der Waals surface area contributed by atoms with Gasteiger partial charge in [-0.2, -0.15) is 0 Å². The minimum atomic E-state index is -0.315. The van der Waals surface area contributed by atoms with Crippen LogP contribution < -0.4 is 5.73 Å². The van der Waals surface area contributed by atoms with Gasteiger partial charge in [0.1, 0.15) is 5.58 Å². The topological polar surface area (TPSA) is 68.7 Å². The molecule has 2 N–H and O–H groups in total. The van der Waals surface area contributed by atoms with Gasteiger partial charge in [0.05, 0.1) is 12.2 Å². The van der Waals surface area contributed by atoms with Crippen molar-refractivity contribution < 1.29 is 13.9 Å². The Morgan fingerprint density at radius 1 is 1.35 bits per heavy atom. The van der Waals surface area contributed by atoms with E-state index in [1.165, 1.54) is 0 Å². The van der Waals surface area contributed by atoms with E-state index in [0.29, 0.717) is 36.7 Å². The summed E-state index contributed by atoms with van der Waals surface area (Å²) < 4.78 is 11.2. The maximum absolute atomic E-state index is 12.5. The molecule has 1 aromatic heterocycles. The fourth-order valence-corrected chi connectivity index (χ4v) is 2.51. The lowest BCUT2D eigenvalue weighted by atomic mass is 10.1. The molecule has 0 unspecified atom stereocenters. The number of carbonyl (C=O) groups excluding carboxylic acids is 1. The van der Waals surface area contributed by atoms with Gasteiger partial charge in [0.25, 0.3) is 5.91 Å². The van der Waals surface area contributed by atoms with Crippen LogP contribution in [-0.4, -0.2) is 36.1 Å². The first-order chi connectivity index (χ1) is 9.44. The highest BCUT2D eigenvalue weighted by atomic mass is 16.5.